The Bertz CT molecular complexity index is 696. The van der Waals surface area contributed by atoms with E-state index in [1.165, 1.54) is 13.0 Å². The Labute approximate surface area is 149 Å². The molecule has 1 amide bonds. The van der Waals surface area contributed by atoms with Gasteiger partial charge in [-0.1, -0.05) is 13.3 Å². The van der Waals surface area contributed by atoms with Gasteiger partial charge in [-0.15, -0.1) is 0 Å². The summed E-state index contributed by atoms with van der Waals surface area (Å²) in [7, 11) is 0. The van der Waals surface area contributed by atoms with E-state index in [1.807, 2.05) is 26.0 Å². The number of amides is 1. The van der Waals surface area contributed by atoms with E-state index in [9.17, 15) is 14.9 Å². The molecule has 1 atom stereocenters. The maximum absolute atomic E-state index is 12.2. The van der Waals surface area contributed by atoms with Crippen molar-refractivity contribution in [3.63, 3.8) is 0 Å². The molecule has 0 spiro atoms. The van der Waals surface area contributed by atoms with Gasteiger partial charge >= 0.3 is 5.97 Å². The summed E-state index contributed by atoms with van der Waals surface area (Å²) in [6, 6.07) is 3.82. The summed E-state index contributed by atoms with van der Waals surface area (Å²) < 4.78 is 7.26. The number of esters is 1. The Morgan fingerprint density at radius 2 is 2.08 bits per heavy atom. The zero-order valence-electron chi connectivity index (χ0n) is 15.7. The highest BCUT2D eigenvalue weighted by Gasteiger charge is 2.20. The van der Waals surface area contributed by atoms with Gasteiger partial charge < -0.3 is 14.6 Å². The van der Waals surface area contributed by atoms with E-state index < -0.39 is 12.1 Å². The molecule has 0 saturated heterocycles. The quantitative estimate of drug-likeness (QED) is 0.446. The Hall–Kier alpha value is -2.55. The molecule has 1 aromatic heterocycles. The van der Waals surface area contributed by atoms with Gasteiger partial charge in [0, 0.05) is 24.5 Å². The van der Waals surface area contributed by atoms with Crippen molar-refractivity contribution < 1.29 is 14.3 Å². The summed E-state index contributed by atoms with van der Waals surface area (Å²) in [5, 5.41) is 11.9. The van der Waals surface area contributed by atoms with E-state index in [2.05, 4.69) is 16.8 Å². The molecule has 0 bridgehead atoms. The predicted octanol–water partition coefficient (Wildman–Crippen LogP) is 2.88. The average Bonchev–Trinajstić information content (AvgIpc) is 2.84. The second-order valence-corrected chi connectivity index (χ2v) is 5.94. The Morgan fingerprint density at radius 1 is 1.40 bits per heavy atom. The molecule has 0 fully saturated rings. The van der Waals surface area contributed by atoms with Crippen molar-refractivity contribution in [2.45, 2.75) is 60.1 Å². The van der Waals surface area contributed by atoms with Crippen LogP contribution in [0.25, 0.3) is 6.08 Å². The van der Waals surface area contributed by atoms with Crippen molar-refractivity contribution in [2.75, 3.05) is 6.54 Å². The van der Waals surface area contributed by atoms with E-state index in [0.717, 1.165) is 36.3 Å². The molecule has 0 aliphatic rings. The van der Waals surface area contributed by atoms with Gasteiger partial charge in [0.25, 0.3) is 5.91 Å². The van der Waals surface area contributed by atoms with Crippen molar-refractivity contribution in [1.29, 1.82) is 5.26 Å². The smallest absolute Gasteiger partial charge is 0.349 e. The van der Waals surface area contributed by atoms with Crippen molar-refractivity contribution in [2.24, 2.45) is 0 Å². The lowest BCUT2D eigenvalue weighted by atomic mass is 10.1. The van der Waals surface area contributed by atoms with Gasteiger partial charge in [-0.3, -0.25) is 4.79 Å². The second-order valence-electron chi connectivity index (χ2n) is 5.94. The van der Waals surface area contributed by atoms with Gasteiger partial charge in [-0.05, 0) is 51.8 Å². The zero-order valence-corrected chi connectivity index (χ0v) is 15.7. The molecule has 6 heteroatoms. The first-order chi connectivity index (χ1) is 11.8. The highest BCUT2D eigenvalue weighted by atomic mass is 16.5. The van der Waals surface area contributed by atoms with Crippen LogP contribution in [0.5, 0.6) is 0 Å². The topological polar surface area (TPSA) is 84.1 Å². The fourth-order valence-electron chi connectivity index (χ4n) is 2.52. The van der Waals surface area contributed by atoms with Gasteiger partial charge in [0.15, 0.2) is 6.10 Å². The van der Waals surface area contributed by atoms with Crippen LogP contribution in [0.4, 0.5) is 0 Å². The number of ether oxygens (including phenoxy) is 1. The van der Waals surface area contributed by atoms with Crippen LogP contribution in [0.3, 0.4) is 0 Å². The third-order valence-electron chi connectivity index (χ3n) is 3.99. The highest BCUT2D eigenvalue weighted by Crippen LogP contribution is 2.19. The first kappa shape index (κ1) is 20.5. The average molecular weight is 345 g/mol. The number of rotatable bonds is 8. The summed E-state index contributed by atoms with van der Waals surface area (Å²) in [5.74, 6) is -1.18. The monoisotopic (exact) mass is 345 g/mol. The molecule has 1 heterocycles. The Balaban J connectivity index is 2.98. The van der Waals surface area contributed by atoms with Gasteiger partial charge in [-0.25, -0.2) is 4.79 Å². The fourth-order valence-corrected chi connectivity index (χ4v) is 2.52. The number of unbranched alkanes of at least 4 members (excludes halogenated alkanes) is 1. The number of hydrogen-bond acceptors (Lipinski definition) is 4. The maximum Gasteiger partial charge on any atom is 0.349 e. The lowest BCUT2D eigenvalue weighted by Gasteiger charge is -2.12. The van der Waals surface area contributed by atoms with Gasteiger partial charge in [0.1, 0.15) is 11.6 Å². The van der Waals surface area contributed by atoms with Crippen LogP contribution in [0.2, 0.25) is 0 Å². The van der Waals surface area contributed by atoms with Crippen LogP contribution in [-0.2, 0) is 20.9 Å². The first-order valence-corrected chi connectivity index (χ1v) is 8.62. The van der Waals surface area contributed by atoms with Crippen LogP contribution < -0.4 is 5.32 Å². The highest BCUT2D eigenvalue weighted by molar-refractivity contribution is 5.99. The first-order valence-electron chi connectivity index (χ1n) is 8.62. The van der Waals surface area contributed by atoms with Gasteiger partial charge in [0.05, 0.1) is 0 Å². The Kier molecular flexibility index (Phi) is 7.93. The van der Waals surface area contributed by atoms with E-state index in [-0.39, 0.29) is 11.5 Å². The molecule has 25 heavy (non-hydrogen) atoms. The van der Waals surface area contributed by atoms with Crippen molar-refractivity contribution in [1.82, 2.24) is 9.88 Å². The predicted molar refractivity (Wildman–Crippen MR) is 96.6 cm³/mol. The summed E-state index contributed by atoms with van der Waals surface area (Å²) in [4.78, 5) is 23.8. The summed E-state index contributed by atoms with van der Waals surface area (Å²) in [6.07, 6.45) is 2.74. The molecule has 6 nitrogen and oxygen atoms in total. The molecule has 0 aliphatic carbocycles. The third kappa shape index (κ3) is 5.49. The molecular weight excluding hydrogens is 318 g/mol. The number of nitrogens with one attached hydrogen (secondary N) is 1. The Morgan fingerprint density at radius 3 is 2.64 bits per heavy atom. The summed E-state index contributed by atoms with van der Waals surface area (Å²) in [6.45, 7) is 10.7. The molecule has 0 aliphatic heterocycles. The van der Waals surface area contributed by atoms with E-state index in [0.29, 0.717) is 6.54 Å². The molecule has 0 saturated carbocycles. The van der Waals surface area contributed by atoms with E-state index in [4.69, 9.17) is 4.74 Å². The molecule has 136 valence electrons. The zero-order chi connectivity index (χ0) is 19.0. The largest absolute Gasteiger partial charge is 0.448 e. The van der Waals surface area contributed by atoms with Crippen molar-refractivity contribution in [3.05, 3.63) is 28.6 Å². The normalized spacial score (nSPS) is 12.4. The third-order valence-corrected chi connectivity index (χ3v) is 3.99. The minimum Gasteiger partial charge on any atom is -0.448 e. The molecule has 0 aromatic carbocycles. The van der Waals surface area contributed by atoms with Gasteiger partial charge in [-0.2, -0.15) is 5.26 Å². The van der Waals surface area contributed by atoms with Crippen molar-refractivity contribution >= 4 is 18.0 Å². The lowest BCUT2D eigenvalue weighted by Crippen LogP contribution is -2.35. The molecular formula is C19H27N3O3. The van der Waals surface area contributed by atoms with Crippen LogP contribution in [0, 0.1) is 25.2 Å². The standard InChI is InChI=1S/C19H27N3O3/c1-6-8-9-22-13(3)10-16(14(22)4)11-17(12-20)19(24)25-15(5)18(23)21-7-2/h10-11,15H,6-9H2,1-5H3,(H,21,23)/b17-11+/t15-/m1/s1. The number of nitriles is 1. The molecule has 0 unspecified atom stereocenters. The number of carbonyl (C=O) groups is 2. The summed E-state index contributed by atoms with van der Waals surface area (Å²) in [5.41, 5.74) is 2.78. The number of nitrogens with zero attached hydrogens (tertiary/aromatic N) is 2. The molecule has 0 radical (unpaired) electrons. The number of likely N-dealkylation sites (N-methyl/N-ethyl adjacent to an activating group) is 1. The second kappa shape index (κ2) is 9.67. The fraction of sp³-hybridized carbons (Fsp3) is 0.526. The van der Waals surface area contributed by atoms with Crippen LogP contribution in [0.15, 0.2) is 11.6 Å². The van der Waals surface area contributed by atoms with Gasteiger partial charge in [0.2, 0.25) is 0 Å². The number of hydrogen-bond donors (Lipinski definition) is 1. The van der Waals surface area contributed by atoms with Crippen LogP contribution >= 0.6 is 0 Å². The van der Waals surface area contributed by atoms with Crippen LogP contribution in [-0.4, -0.2) is 29.1 Å². The molecule has 1 N–H and O–H groups in total. The number of aryl methyl sites for hydroxylation is 1. The minimum absolute atomic E-state index is 0.119. The van der Waals surface area contributed by atoms with Crippen molar-refractivity contribution in [3.8, 4) is 6.07 Å². The van der Waals surface area contributed by atoms with E-state index in [1.54, 1.807) is 6.92 Å². The number of aromatic nitrogens is 1. The minimum atomic E-state index is -0.943. The maximum atomic E-state index is 12.2. The summed E-state index contributed by atoms with van der Waals surface area (Å²) >= 11 is 0. The number of carbonyl (C=O) groups excluding carboxylic acids is 2. The molecule has 1 rings (SSSR count). The molecule has 1 aromatic rings. The SMILES string of the molecule is CCCCn1c(C)cc(/C=C(\C#N)C(=O)O[C@H](C)C(=O)NCC)c1C. The van der Waals surface area contributed by atoms with E-state index >= 15 is 0 Å². The van der Waals surface area contributed by atoms with Crippen LogP contribution in [0.1, 0.15) is 50.6 Å². The lowest BCUT2D eigenvalue weighted by molar-refractivity contribution is -0.150.